The third-order valence-electron chi connectivity index (χ3n) is 2.12. The second-order valence-electron chi connectivity index (χ2n) is 3.33. The maximum absolute atomic E-state index is 11.6. The minimum atomic E-state index is -0.449. The number of nitrogens with zero attached hydrogens (tertiary/aromatic N) is 1. The molecule has 0 unspecified atom stereocenters. The Hall–Kier alpha value is -1.86. The van der Waals surface area contributed by atoms with Gasteiger partial charge in [0.25, 0.3) is 11.5 Å². The summed E-state index contributed by atoms with van der Waals surface area (Å²) in [6, 6.07) is 1.65. The number of carbonyl (C=O) groups is 1. The highest BCUT2D eigenvalue weighted by atomic mass is 35.5. The summed E-state index contributed by atoms with van der Waals surface area (Å²) in [7, 11) is 1.46. The van der Waals surface area contributed by atoms with E-state index in [1.807, 2.05) is 0 Å². The van der Waals surface area contributed by atoms with Gasteiger partial charge < -0.3 is 10.6 Å². The van der Waals surface area contributed by atoms with Crippen molar-refractivity contribution in [3.05, 3.63) is 39.4 Å². The fraction of sp³-hybridized carbons (Fsp3) is 0.100. The average Bonchev–Trinajstić information content (AvgIpc) is 2.70. The number of nitrogens with one attached hydrogen (secondary N) is 3. The standard InChI is InChI=1S/C10H9ClN4O2S/c1-12-8(16)7-9(17)15-18-10(7)14-6-2-5(11)3-13-4-6/h2-4,14H,1H3,(H,12,16)(H,15,17). The molecule has 2 rings (SSSR count). The van der Waals surface area contributed by atoms with E-state index in [0.29, 0.717) is 15.7 Å². The van der Waals surface area contributed by atoms with Crippen LogP contribution in [-0.4, -0.2) is 22.3 Å². The molecule has 0 saturated heterocycles. The average molecular weight is 285 g/mol. The highest BCUT2D eigenvalue weighted by Crippen LogP contribution is 2.23. The molecule has 3 N–H and O–H groups in total. The normalized spacial score (nSPS) is 10.1. The van der Waals surface area contributed by atoms with Crippen LogP contribution in [0.2, 0.25) is 5.02 Å². The van der Waals surface area contributed by atoms with Crippen LogP contribution >= 0.6 is 23.1 Å². The second kappa shape index (κ2) is 5.19. The van der Waals surface area contributed by atoms with Gasteiger partial charge in [0.05, 0.1) is 16.9 Å². The maximum Gasteiger partial charge on any atom is 0.273 e. The molecule has 0 fully saturated rings. The molecule has 8 heteroatoms. The minimum absolute atomic E-state index is 0.0440. The molecule has 94 valence electrons. The summed E-state index contributed by atoms with van der Waals surface area (Å²) >= 11 is 6.84. The van der Waals surface area contributed by atoms with Gasteiger partial charge in [-0.15, -0.1) is 0 Å². The number of H-pyrrole nitrogens is 1. The molecule has 2 aromatic heterocycles. The first-order chi connectivity index (χ1) is 8.61. The van der Waals surface area contributed by atoms with Gasteiger partial charge in [0.1, 0.15) is 10.6 Å². The number of aromatic nitrogens is 2. The second-order valence-corrected chi connectivity index (χ2v) is 4.59. The first-order valence-corrected chi connectivity index (χ1v) is 6.12. The van der Waals surface area contributed by atoms with Crippen molar-refractivity contribution in [1.82, 2.24) is 14.7 Å². The smallest absolute Gasteiger partial charge is 0.273 e. The molecule has 0 spiro atoms. The fourth-order valence-corrected chi connectivity index (χ4v) is 2.26. The molecule has 1 amide bonds. The van der Waals surface area contributed by atoms with Gasteiger partial charge in [0, 0.05) is 13.2 Å². The van der Waals surface area contributed by atoms with E-state index in [9.17, 15) is 9.59 Å². The van der Waals surface area contributed by atoms with Gasteiger partial charge in [0.2, 0.25) is 0 Å². The van der Waals surface area contributed by atoms with Gasteiger partial charge in [-0.3, -0.25) is 18.9 Å². The van der Waals surface area contributed by atoms with Crippen LogP contribution in [0, 0.1) is 0 Å². The molecule has 18 heavy (non-hydrogen) atoms. The molecule has 0 atom stereocenters. The Balaban J connectivity index is 2.35. The van der Waals surface area contributed by atoms with E-state index >= 15 is 0 Å². The van der Waals surface area contributed by atoms with Crippen LogP contribution in [0.15, 0.2) is 23.3 Å². The molecular formula is C10H9ClN4O2S. The topological polar surface area (TPSA) is 86.9 Å². The third kappa shape index (κ3) is 2.52. The zero-order chi connectivity index (χ0) is 13.1. The number of amides is 1. The van der Waals surface area contributed by atoms with Crippen LogP contribution in [0.3, 0.4) is 0 Å². The number of anilines is 2. The molecule has 0 radical (unpaired) electrons. The summed E-state index contributed by atoms with van der Waals surface area (Å²) < 4.78 is 2.50. The van der Waals surface area contributed by atoms with Crippen LogP contribution in [-0.2, 0) is 0 Å². The maximum atomic E-state index is 11.6. The summed E-state index contributed by atoms with van der Waals surface area (Å²) in [6.45, 7) is 0. The van der Waals surface area contributed by atoms with E-state index in [1.54, 1.807) is 12.3 Å². The zero-order valence-electron chi connectivity index (χ0n) is 9.28. The van der Waals surface area contributed by atoms with Crippen molar-refractivity contribution >= 4 is 39.7 Å². The molecule has 0 aliphatic rings. The Morgan fingerprint density at radius 3 is 2.94 bits per heavy atom. The van der Waals surface area contributed by atoms with Crippen LogP contribution in [0.25, 0.3) is 0 Å². The van der Waals surface area contributed by atoms with Crippen LogP contribution in [0.4, 0.5) is 10.7 Å². The van der Waals surface area contributed by atoms with Gasteiger partial charge in [-0.2, -0.15) is 0 Å². The van der Waals surface area contributed by atoms with Crippen LogP contribution < -0.4 is 16.2 Å². The highest BCUT2D eigenvalue weighted by Gasteiger charge is 2.17. The lowest BCUT2D eigenvalue weighted by molar-refractivity contribution is 0.0963. The number of hydrogen-bond acceptors (Lipinski definition) is 5. The molecule has 0 aromatic carbocycles. The van der Waals surface area contributed by atoms with E-state index in [1.165, 1.54) is 13.2 Å². The predicted molar refractivity (Wildman–Crippen MR) is 70.9 cm³/mol. The number of halogens is 1. The summed E-state index contributed by atoms with van der Waals surface area (Å²) in [5, 5.41) is 6.22. The van der Waals surface area contributed by atoms with E-state index in [-0.39, 0.29) is 5.56 Å². The van der Waals surface area contributed by atoms with Gasteiger partial charge in [-0.05, 0) is 17.6 Å². The number of carbonyl (C=O) groups excluding carboxylic acids is 1. The molecular weight excluding hydrogens is 276 g/mol. The fourth-order valence-electron chi connectivity index (χ4n) is 1.33. The highest BCUT2D eigenvalue weighted by molar-refractivity contribution is 7.10. The molecule has 0 aliphatic carbocycles. The SMILES string of the molecule is CNC(=O)c1c(Nc2cncc(Cl)c2)s[nH]c1=O. The number of pyridine rings is 1. The molecule has 6 nitrogen and oxygen atoms in total. The quantitative estimate of drug-likeness (QED) is 0.799. The van der Waals surface area contributed by atoms with E-state index in [2.05, 4.69) is 20.0 Å². The monoisotopic (exact) mass is 284 g/mol. The van der Waals surface area contributed by atoms with Crippen molar-refractivity contribution in [2.24, 2.45) is 0 Å². The van der Waals surface area contributed by atoms with Gasteiger partial charge in [-0.1, -0.05) is 11.6 Å². The third-order valence-corrected chi connectivity index (χ3v) is 3.12. The lowest BCUT2D eigenvalue weighted by Gasteiger charge is -2.04. The zero-order valence-corrected chi connectivity index (χ0v) is 10.9. The minimum Gasteiger partial charge on any atom is -0.355 e. The van der Waals surface area contributed by atoms with Crippen molar-refractivity contribution in [2.45, 2.75) is 0 Å². The van der Waals surface area contributed by atoms with Crippen molar-refractivity contribution in [2.75, 3.05) is 12.4 Å². The van der Waals surface area contributed by atoms with Crippen molar-refractivity contribution in [3.8, 4) is 0 Å². The first kappa shape index (κ1) is 12.6. The largest absolute Gasteiger partial charge is 0.355 e. The lowest BCUT2D eigenvalue weighted by atomic mass is 10.3. The van der Waals surface area contributed by atoms with Gasteiger partial charge in [-0.25, -0.2) is 0 Å². The predicted octanol–water partition coefficient (Wildman–Crippen LogP) is 1.59. The summed E-state index contributed by atoms with van der Waals surface area (Å²) in [4.78, 5) is 27.0. The molecule has 2 heterocycles. The first-order valence-electron chi connectivity index (χ1n) is 4.93. The lowest BCUT2D eigenvalue weighted by Crippen LogP contribution is -2.24. The molecule has 0 bridgehead atoms. The number of hydrogen-bond donors (Lipinski definition) is 3. The molecule has 0 saturated carbocycles. The van der Waals surface area contributed by atoms with E-state index in [0.717, 1.165) is 11.5 Å². The van der Waals surface area contributed by atoms with Crippen molar-refractivity contribution in [1.29, 1.82) is 0 Å². The molecule has 0 aliphatic heterocycles. The summed E-state index contributed by atoms with van der Waals surface area (Å²) in [5.74, 6) is -0.449. The Bertz CT molecular complexity index is 637. The Kier molecular flexibility index (Phi) is 3.63. The van der Waals surface area contributed by atoms with E-state index in [4.69, 9.17) is 11.6 Å². The summed E-state index contributed by atoms with van der Waals surface area (Å²) in [6.07, 6.45) is 3.04. The number of rotatable bonds is 3. The van der Waals surface area contributed by atoms with Crippen molar-refractivity contribution in [3.63, 3.8) is 0 Å². The Labute approximate surface area is 111 Å². The molecule has 2 aromatic rings. The van der Waals surface area contributed by atoms with Crippen LogP contribution in [0.5, 0.6) is 0 Å². The van der Waals surface area contributed by atoms with Gasteiger partial charge >= 0.3 is 0 Å². The number of aromatic amines is 1. The Morgan fingerprint density at radius 1 is 1.50 bits per heavy atom. The van der Waals surface area contributed by atoms with Crippen LogP contribution in [0.1, 0.15) is 10.4 Å². The Morgan fingerprint density at radius 2 is 2.28 bits per heavy atom. The van der Waals surface area contributed by atoms with E-state index < -0.39 is 11.5 Å². The summed E-state index contributed by atoms with van der Waals surface area (Å²) in [5.41, 5.74) is 0.210. The van der Waals surface area contributed by atoms with Gasteiger partial charge in [0.15, 0.2) is 0 Å². The van der Waals surface area contributed by atoms with Crippen molar-refractivity contribution < 1.29 is 4.79 Å².